The van der Waals surface area contributed by atoms with Crippen LogP contribution in [0.5, 0.6) is 0 Å². The van der Waals surface area contributed by atoms with Gasteiger partial charge in [0.2, 0.25) is 0 Å². The lowest BCUT2D eigenvalue weighted by Crippen LogP contribution is -1.99. The smallest absolute Gasteiger partial charge is 0.163 e. The molecule has 0 N–H and O–H groups in total. The average Bonchev–Trinajstić information content (AvgIpc) is 2.33. The van der Waals surface area contributed by atoms with E-state index in [0.29, 0.717) is 17.1 Å². The van der Waals surface area contributed by atoms with Crippen LogP contribution in [0, 0.1) is 0 Å². The molecule has 0 aliphatic carbocycles. The van der Waals surface area contributed by atoms with Crippen LogP contribution in [0.2, 0.25) is 5.15 Å². The Morgan fingerprint density at radius 1 is 1.24 bits per heavy atom. The van der Waals surface area contributed by atoms with Crippen molar-refractivity contribution in [1.82, 2.24) is 4.98 Å². The molecule has 0 amide bonds. The zero-order valence-corrected chi connectivity index (χ0v) is 11.2. The highest BCUT2D eigenvalue weighted by atomic mass is 35.5. The fourth-order valence-electron chi connectivity index (χ4n) is 1.79. The molecule has 1 aromatic heterocycles. The molecule has 2 nitrogen and oxygen atoms in total. The van der Waals surface area contributed by atoms with E-state index < -0.39 is 0 Å². The van der Waals surface area contributed by atoms with Gasteiger partial charge >= 0.3 is 0 Å². The molecule has 0 fully saturated rings. The Kier molecular flexibility index (Phi) is 6.87. The van der Waals surface area contributed by atoms with Crippen LogP contribution < -0.4 is 0 Å². The second-order valence-electron chi connectivity index (χ2n) is 4.31. The number of carbonyl (C=O) groups excluding carboxylic acids is 1. The number of nitrogens with zero attached hydrogens (tertiary/aromatic N) is 1. The van der Waals surface area contributed by atoms with E-state index in [0.717, 1.165) is 12.8 Å². The molecule has 0 aromatic carbocycles. The van der Waals surface area contributed by atoms with Crippen molar-refractivity contribution in [2.75, 3.05) is 0 Å². The van der Waals surface area contributed by atoms with Crippen molar-refractivity contribution in [2.24, 2.45) is 0 Å². The van der Waals surface area contributed by atoms with Crippen LogP contribution in [-0.2, 0) is 0 Å². The number of carbonyl (C=O) groups is 1. The lowest BCUT2D eigenvalue weighted by Gasteiger charge is -2.02. The quantitative estimate of drug-likeness (QED) is 0.383. The van der Waals surface area contributed by atoms with Gasteiger partial charge in [0.25, 0.3) is 0 Å². The molecule has 0 aliphatic heterocycles. The van der Waals surface area contributed by atoms with E-state index in [1.54, 1.807) is 18.3 Å². The van der Waals surface area contributed by atoms with Gasteiger partial charge in [0.05, 0.1) is 0 Å². The molecule has 0 spiro atoms. The van der Waals surface area contributed by atoms with Crippen LogP contribution >= 0.6 is 11.6 Å². The van der Waals surface area contributed by atoms with E-state index in [1.807, 2.05) is 0 Å². The van der Waals surface area contributed by atoms with Crippen molar-refractivity contribution in [3.63, 3.8) is 0 Å². The maximum absolute atomic E-state index is 11.8. The van der Waals surface area contributed by atoms with Crippen LogP contribution in [0.25, 0.3) is 0 Å². The number of unbranched alkanes of at least 4 members (excludes halogenated alkanes) is 5. The van der Waals surface area contributed by atoms with Gasteiger partial charge in [-0.05, 0) is 18.6 Å². The van der Waals surface area contributed by atoms with Gasteiger partial charge in [-0.3, -0.25) is 4.79 Å². The molecule has 0 unspecified atom stereocenters. The maximum Gasteiger partial charge on any atom is 0.163 e. The molecule has 0 saturated heterocycles. The number of Topliss-reactive ketones (excluding diaryl/α,β-unsaturated/α-hetero) is 1. The minimum absolute atomic E-state index is 0.171. The van der Waals surface area contributed by atoms with Crippen LogP contribution in [0.15, 0.2) is 18.3 Å². The third kappa shape index (κ3) is 5.83. The topological polar surface area (TPSA) is 30.0 Å². The Labute approximate surface area is 108 Å². The van der Waals surface area contributed by atoms with Crippen molar-refractivity contribution in [3.05, 3.63) is 29.0 Å². The molecule has 0 atom stereocenters. The highest BCUT2D eigenvalue weighted by Crippen LogP contribution is 2.12. The monoisotopic (exact) mass is 253 g/mol. The SMILES string of the molecule is CCCCCCCCC(=O)c1ccnc(Cl)c1. The first-order chi connectivity index (χ1) is 8.24. The van der Waals surface area contributed by atoms with Gasteiger partial charge in [-0.1, -0.05) is 50.6 Å². The second-order valence-corrected chi connectivity index (χ2v) is 4.70. The molecular formula is C14H20ClNO. The molecule has 3 heteroatoms. The number of hydrogen-bond donors (Lipinski definition) is 0. The van der Waals surface area contributed by atoms with Gasteiger partial charge in [0.15, 0.2) is 5.78 Å². The Morgan fingerprint density at radius 2 is 1.94 bits per heavy atom. The fraction of sp³-hybridized carbons (Fsp3) is 0.571. The number of aromatic nitrogens is 1. The van der Waals surface area contributed by atoms with Gasteiger partial charge in [0.1, 0.15) is 5.15 Å². The molecule has 1 rings (SSSR count). The Morgan fingerprint density at radius 3 is 2.65 bits per heavy atom. The molecular weight excluding hydrogens is 234 g/mol. The zero-order valence-electron chi connectivity index (χ0n) is 10.4. The van der Waals surface area contributed by atoms with Crippen molar-refractivity contribution in [3.8, 4) is 0 Å². The predicted octanol–water partition coefficient (Wildman–Crippen LogP) is 4.67. The summed E-state index contributed by atoms with van der Waals surface area (Å²) in [6, 6.07) is 3.37. The summed E-state index contributed by atoms with van der Waals surface area (Å²) in [5.41, 5.74) is 0.679. The Balaban J connectivity index is 2.21. The van der Waals surface area contributed by atoms with Crippen molar-refractivity contribution in [1.29, 1.82) is 0 Å². The van der Waals surface area contributed by atoms with Gasteiger partial charge in [-0.15, -0.1) is 0 Å². The summed E-state index contributed by atoms with van der Waals surface area (Å²) in [6.07, 6.45) is 9.39. The van der Waals surface area contributed by atoms with Crippen LogP contribution in [0.3, 0.4) is 0 Å². The van der Waals surface area contributed by atoms with Gasteiger partial charge < -0.3 is 0 Å². The van der Waals surface area contributed by atoms with E-state index in [-0.39, 0.29) is 5.78 Å². The first-order valence-corrected chi connectivity index (χ1v) is 6.76. The van der Waals surface area contributed by atoms with E-state index in [2.05, 4.69) is 11.9 Å². The maximum atomic E-state index is 11.8. The van der Waals surface area contributed by atoms with Crippen molar-refractivity contribution < 1.29 is 4.79 Å². The standard InChI is InChI=1S/C14H20ClNO/c1-2-3-4-5-6-7-8-13(17)12-9-10-16-14(15)11-12/h9-11H,2-8H2,1H3. The fourth-order valence-corrected chi connectivity index (χ4v) is 1.96. The number of rotatable bonds is 8. The van der Waals surface area contributed by atoms with Crippen LogP contribution in [-0.4, -0.2) is 10.8 Å². The lowest BCUT2D eigenvalue weighted by atomic mass is 10.0. The molecule has 0 aliphatic rings. The number of pyridine rings is 1. The highest BCUT2D eigenvalue weighted by molar-refractivity contribution is 6.29. The zero-order chi connectivity index (χ0) is 12.5. The minimum Gasteiger partial charge on any atom is -0.294 e. The number of ketones is 1. The normalized spacial score (nSPS) is 10.5. The first-order valence-electron chi connectivity index (χ1n) is 6.38. The Hall–Kier alpha value is -0.890. The summed E-state index contributed by atoms with van der Waals surface area (Å²) in [5.74, 6) is 0.171. The molecule has 1 aromatic rings. The van der Waals surface area contributed by atoms with Crippen LogP contribution in [0.4, 0.5) is 0 Å². The molecule has 94 valence electrons. The summed E-state index contributed by atoms with van der Waals surface area (Å²) in [5, 5.41) is 0.388. The van der Waals surface area contributed by atoms with Crippen molar-refractivity contribution in [2.45, 2.75) is 51.9 Å². The van der Waals surface area contributed by atoms with Crippen LogP contribution in [0.1, 0.15) is 62.2 Å². The third-order valence-corrected chi connectivity index (χ3v) is 3.01. The molecule has 1 heterocycles. The molecule has 0 saturated carbocycles. The van der Waals surface area contributed by atoms with Gasteiger partial charge in [-0.2, -0.15) is 0 Å². The Bertz CT molecular complexity index is 352. The lowest BCUT2D eigenvalue weighted by molar-refractivity contribution is 0.0979. The second kappa shape index (κ2) is 8.24. The first kappa shape index (κ1) is 14.2. The molecule has 17 heavy (non-hydrogen) atoms. The van der Waals surface area contributed by atoms with Gasteiger partial charge in [-0.25, -0.2) is 4.98 Å². The predicted molar refractivity (Wildman–Crippen MR) is 71.6 cm³/mol. The third-order valence-electron chi connectivity index (χ3n) is 2.81. The van der Waals surface area contributed by atoms with E-state index in [9.17, 15) is 4.79 Å². The minimum atomic E-state index is 0.171. The average molecular weight is 254 g/mol. The molecule has 0 bridgehead atoms. The largest absolute Gasteiger partial charge is 0.294 e. The van der Waals surface area contributed by atoms with Gasteiger partial charge in [0, 0.05) is 18.2 Å². The van der Waals surface area contributed by atoms with E-state index in [4.69, 9.17) is 11.6 Å². The van der Waals surface area contributed by atoms with Crippen molar-refractivity contribution >= 4 is 17.4 Å². The van der Waals surface area contributed by atoms with E-state index in [1.165, 1.54) is 25.7 Å². The summed E-state index contributed by atoms with van der Waals surface area (Å²) in [7, 11) is 0. The highest BCUT2D eigenvalue weighted by Gasteiger charge is 2.05. The number of halogens is 1. The summed E-state index contributed by atoms with van der Waals surface area (Å²) in [4.78, 5) is 15.7. The summed E-state index contributed by atoms with van der Waals surface area (Å²) >= 11 is 5.74. The summed E-state index contributed by atoms with van der Waals surface area (Å²) in [6.45, 7) is 2.21. The van der Waals surface area contributed by atoms with E-state index >= 15 is 0 Å². The molecule has 0 radical (unpaired) electrons. The summed E-state index contributed by atoms with van der Waals surface area (Å²) < 4.78 is 0. The number of hydrogen-bond acceptors (Lipinski definition) is 2.